The average molecular weight is 1330 g/mol. The SMILES string of the molecule is CN(C)C1(c2ccccc2)CCC2(CC1)CN(CC1CCS(=O)(=O)CC1)C(=O)N2CC1(O)CCC1.CN(C)C1(c2ccccc2)CCC2(CC1)CN(CC1CCSCC1)C(=O)N2CC1(O)CCC1.CN(C)C1(c2ccccc2)CCC2(CC1)CNC(=O)N2CC1(O)CCC1. The van der Waals surface area contributed by atoms with Gasteiger partial charge >= 0.3 is 18.1 Å². The Kier molecular flexibility index (Phi) is 20.2. The molecule has 11 aliphatic rings. The van der Waals surface area contributed by atoms with Gasteiger partial charge < -0.3 is 45.1 Å². The van der Waals surface area contributed by atoms with Crippen LogP contribution in [0.3, 0.4) is 0 Å². The van der Waals surface area contributed by atoms with Crippen molar-refractivity contribution in [3.8, 4) is 0 Å². The molecule has 0 bridgehead atoms. The largest absolute Gasteiger partial charge is 0.388 e. The summed E-state index contributed by atoms with van der Waals surface area (Å²) < 4.78 is 23.8. The van der Waals surface area contributed by atoms with Crippen molar-refractivity contribution in [2.45, 2.75) is 211 Å². The molecule has 0 unspecified atom stereocenters. The second-order valence-electron chi connectivity index (χ2n) is 32.2. The number of sulfone groups is 1. The molecule has 19 heteroatoms. The quantitative estimate of drug-likeness (QED) is 0.107. The fourth-order valence-electron chi connectivity index (χ4n) is 19.1. The molecule has 0 aromatic heterocycles. The van der Waals surface area contributed by atoms with Crippen molar-refractivity contribution in [3.05, 3.63) is 108 Å². The smallest absolute Gasteiger partial charge is 0.320 e. The minimum absolute atomic E-state index is 0.00221. The molecule has 3 spiro atoms. The predicted molar refractivity (Wildman–Crippen MR) is 374 cm³/mol. The molecule has 3 aromatic carbocycles. The lowest BCUT2D eigenvalue weighted by Crippen LogP contribution is -2.59. The highest BCUT2D eigenvalue weighted by Crippen LogP contribution is 2.54. The predicted octanol–water partition coefficient (Wildman–Crippen LogP) is 10.5. The zero-order chi connectivity index (χ0) is 66.4. The molecule has 518 valence electrons. The van der Waals surface area contributed by atoms with Gasteiger partial charge in [-0.1, -0.05) is 91.0 Å². The molecule has 6 saturated carbocycles. The van der Waals surface area contributed by atoms with Crippen LogP contribution in [0, 0.1) is 11.8 Å². The molecule has 5 aliphatic heterocycles. The second kappa shape index (κ2) is 27.3. The van der Waals surface area contributed by atoms with E-state index in [-0.39, 0.29) is 68.8 Å². The maximum Gasteiger partial charge on any atom is 0.320 e. The number of carbonyl (C=O) groups is 3. The Labute approximate surface area is 567 Å². The lowest BCUT2D eigenvalue weighted by atomic mass is 9.67. The fraction of sp³-hybridized carbons (Fsp3) is 0.720. The van der Waals surface area contributed by atoms with Gasteiger partial charge in [0.1, 0.15) is 9.84 Å². The topological polar surface area (TPSA) is 184 Å². The number of rotatable bonds is 16. The van der Waals surface area contributed by atoms with Crippen molar-refractivity contribution in [3.63, 3.8) is 0 Å². The normalized spacial score (nSPS) is 29.8. The maximum atomic E-state index is 13.8. The molecular weight excluding hydrogens is 1220 g/mol. The summed E-state index contributed by atoms with van der Waals surface area (Å²) in [5.41, 5.74) is 1.42. The van der Waals surface area contributed by atoms with Crippen molar-refractivity contribution in [1.82, 2.24) is 44.5 Å². The highest BCUT2D eigenvalue weighted by atomic mass is 32.2. The first kappa shape index (κ1) is 69.4. The molecule has 14 rings (SSSR count). The fourth-order valence-corrected chi connectivity index (χ4v) is 21.9. The summed E-state index contributed by atoms with van der Waals surface area (Å²) >= 11 is 2.05. The van der Waals surface area contributed by atoms with Crippen LogP contribution in [0.1, 0.15) is 177 Å². The summed E-state index contributed by atoms with van der Waals surface area (Å²) in [6, 6.07) is 32.6. The number of carbonyl (C=O) groups excluding carboxylic acids is 3. The first-order chi connectivity index (χ1) is 44.8. The summed E-state index contributed by atoms with van der Waals surface area (Å²) in [5.74, 6) is 3.79. The van der Waals surface area contributed by atoms with E-state index in [2.05, 4.69) is 163 Å². The standard InChI is InChI=1S/C27H41N3O4S.C27H41N3O2S.C21H31N3O2/c1-28(2)27(23-7-4-3-5-8-23)15-13-25(14-16-27)20-29(19-22-9-17-35(33,34)18-10-22)24(31)30(25)21-26(32)11-6-12-26;1-28(2)27(23-7-4-3-5-8-23)15-13-25(14-16-27)20-29(19-22-9-17-33-18-10-22)24(31)30(25)21-26(32)11-6-12-26;1-23(2)21(17-7-4-3-5-8-17)13-11-19(12-14-21)15-22-18(25)24(19)16-20(26)9-6-10-20/h3-5,7-8,22,32H,6,9-21H2,1-2H3;3-5,7-8,22,32H,6,9-21H2,1-2H3;3-5,7-8,26H,6,9-16H2,1-2H3,(H,22,25). The number of aliphatic hydroxyl groups is 3. The Hall–Kier alpha value is -4.47. The number of β-amino-alcohol motifs (C(OH)–C–C–N with tert-alkyl or cyclic N) is 3. The number of urea groups is 3. The van der Waals surface area contributed by atoms with Gasteiger partial charge in [0.15, 0.2) is 0 Å². The molecule has 11 fully saturated rings. The third-order valence-electron chi connectivity index (χ3n) is 26.2. The van der Waals surface area contributed by atoms with Crippen LogP contribution in [-0.4, -0.2) is 232 Å². The van der Waals surface area contributed by atoms with Crippen molar-refractivity contribution < 1.29 is 38.1 Å². The molecular formula is C75H113N9O8S2. The van der Waals surface area contributed by atoms with E-state index in [9.17, 15) is 38.1 Å². The highest BCUT2D eigenvalue weighted by molar-refractivity contribution is 7.99. The van der Waals surface area contributed by atoms with Crippen LogP contribution in [0.15, 0.2) is 91.0 Å². The molecule has 0 radical (unpaired) electrons. The monoisotopic (exact) mass is 1330 g/mol. The summed E-state index contributed by atoms with van der Waals surface area (Å²) in [7, 11) is 10.1. The van der Waals surface area contributed by atoms with Gasteiger partial charge in [0.25, 0.3) is 0 Å². The van der Waals surface area contributed by atoms with Gasteiger partial charge in [-0.3, -0.25) is 14.7 Å². The van der Waals surface area contributed by atoms with Gasteiger partial charge in [-0.2, -0.15) is 11.8 Å². The van der Waals surface area contributed by atoms with Crippen LogP contribution in [-0.2, 0) is 26.5 Å². The van der Waals surface area contributed by atoms with Crippen molar-refractivity contribution >= 4 is 39.7 Å². The number of nitrogens with zero attached hydrogens (tertiary/aromatic N) is 8. The van der Waals surface area contributed by atoms with E-state index >= 15 is 0 Å². The Balaban J connectivity index is 0.000000137. The van der Waals surface area contributed by atoms with Gasteiger partial charge in [-0.25, -0.2) is 22.8 Å². The van der Waals surface area contributed by atoms with Gasteiger partial charge in [-0.15, -0.1) is 0 Å². The Morgan fingerprint density at radius 3 is 1.09 bits per heavy atom. The molecule has 94 heavy (non-hydrogen) atoms. The number of hydrogen-bond donors (Lipinski definition) is 4. The average Bonchev–Trinajstić information content (AvgIpc) is 1.52. The second-order valence-corrected chi connectivity index (χ2v) is 35.7. The Morgan fingerprint density at radius 2 is 0.766 bits per heavy atom. The lowest BCUT2D eigenvalue weighted by Gasteiger charge is -2.52. The van der Waals surface area contributed by atoms with Crippen LogP contribution in [0.25, 0.3) is 0 Å². The van der Waals surface area contributed by atoms with Crippen LogP contribution in [0.5, 0.6) is 0 Å². The van der Waals surface area contributed by atoms with Gasteiger partial charge in [-0.05, 0) is 243 Å². The molecule has 0 atom stereocenters. The van der Waals surface area contributed by atoms with Crippen LogP contribution in [0.4, 0.5) is 14.4 Å². The molecule has 3 aromatic rings. The number of hydrogen-bond acceptors (Lipinski definition) is 12. The van der Waals surface area contributed by atoms with E-state index in [0.29, 0.717) is 58.0 Å². The molecule has 4 N–H and O–H groups in total. The first-order valence-corrected chi connectivity index (χ1v) is 39.1. The molecule has 6 amide bonds. The van der Waals surface area contributed by atoms with Crippen molar-refractivity contribution in [2.24, 2.45) is 11.8 Å². The molecule has 17 nitrogen and oxygen atoms in total. The van der Waals surface area contributed by atoms with Crippen LogP contribution in [0.2, 0.25) is 0 Å². The number of thioether (sulfide) groups is 1. The van der Waals surface area contributed by atoms with E-state index in [1.165, 1.54) is 41.0 Å². The van der Waals surface area contributed by atoms with E-state index < -0.39 is 26.6 Å². The van der Waals surface area contributed by atoms with Crippen LogP contribution >= 0.6 is 11.8 Å². The highest BCUT2D eigenvalue weighted by Gasteiger charge is 2.60. The maximum absolute atomic E-state index is 13.8. The summed E-state index contributed by atoms with van der Waals surface area (Å²) in [4.78, 5) is 57.4. The zero-order valence-corrected chi connectivity index (χ0v) is 59.4. The number of benzene rings is 3. The molecule has 5 heterocycles. The van der Waals surface area contributed by atoms with E-state index in [0.717, 1.165) is 148 Å². The zero-order valence-electron chi connectivity index (χ0n) is 57.8. The van der Waals surface area contributed by atoms with E-state index in [1.807, 2.05) is 26.5 Å². The number of nitrogens with one attached hydrogen (secondary N) is 1. The lowest BCUT2D eigenvalue weighted by molar-refractivity contribution is -0.0726. The first-order valence-electron chi connectivity index (χ1n) is 36.1. The summed E-state index contributed by atoms with van der Waals surface area (Å²) in [6.45, 7) is 5.17. The van der Waals surface area contributed by atoms with Gasteiger partial charge in [0.2, 0.25) is 0 Å². The Morgan fingerprint density at radius 1 is 0.447 bits per heavy atom. The van der Waals surface area contributed by atoms with Gasteiger partial charge in [0, 0.05) is 49.3 Å². The minimum atomic E-state index is -2.92. The molecule has 6 aliphatic carbocycles. The van der Waals surface area contributed by atoms with E-state index in [4.69, 9.17) is 0 Å². The van der Waals surface area contributed by atoms with E-state index in [1.54, 1.807) is 0 Å². The van der Waals surface area contributed by atoms with Crippen molar-refractivity contribution in [1.29, 1.82) is 0 Å². The molecule has 5 saturated heterocycles. The Bertz CT molecular complexity index is 3170. The summed E-state index contributed by atoms with van der Waals surface area (Å²) in [6.07, 6.45) is 23.5. The van der Waals surface area contributed by atoms with Gasteiger partial charge in [0.05, 0.1) is 64.6 Å². The minimum Gasteiger partial charge on any atom is -0.388 e. The summed E-state index contributed by atoms with van der Waals surface area (Å²) in [5, 5.41) is 35.8. The third kappa shape index (κ3) is 13.7. The third-order valence-corrected chi connectivity index (χ3v) is 29.0. The van der Waals surface area contributed by atoms with Crippen LogP contribution < -0.4 is 5.32 Å². The van der Waals surface area contributed by atoms with Crippen molar-refractivity contribution in [2.75, 3.05) is 118 Å². The number of amides is 6.